The van der Waals surface area contributed by atoms with Gasteiger partial charge in [-0.15, -0.1) is 0 Å². The van der Waals surface area contributed by atoms with Crippen LogP contribution in [0, 0.1) is 11.6 Å². The highest BCUT2D eigenvalue weighted by molar-refractivity contribution is 5.54. The van der Waals surface area contributed by atoms with Crippen molar-refractivity contribution in [3.05, 3.63) is 35.7 Å². The zero-order chi connectivity index (χ0) is 14.3. The van der Waals surface area contributed by atoms with Crippen LogP contribution < -0.4 is 5.73 Å². The van der Waals surface area contributed by atoms with Gasteiger partial charge in [0.2, 0.25) is 11.7 Å². The van der Waals surface area contributed by atoms with E-state index in [9.17, 15) is 8.78 Å². The lowest BCUT2D eigenvalue weighted by Gasteiger charge is -2.23. The summed E-state index contributed by atoms with van der Waals surface area (Å²) in [6.07, 6.45) is 2.78. The second kappa shape index (κ2) is 4.63. The van der Waals surface area contributed by atoms with E-state index in [0.717, 1.165) is 25.3 Å². The standard InChI is InChI=1S/C14H15F2N3O/c1-14(4-2-3-11(14)17)13-18-12(19-20-13)8-5-9(15)7-10(16)6-8/h5-7,11H,2-4,17H2,1H3. The molecule has 1 saturated carbocycles. The fraction of sp³-hybridized carbons (Fsp3) is 0.429. The van der Waals surface area contributed by atoms with Crippen LogP contribution in [-0.2, 0) is 5.41 Å². The fourth-order valence-electron chi connectivity index (χ4n) is 2.71. The van der Waals surface area contributed by atoms with Gasteiger partial charge in [0.25, 0.3) is 0 Å². The highest BCUT2D eigenvalue weighted by Crippen LogP contribution is 2.39. The summed E-state index contributed by atoms with van der Waals surface area (Å²) in [5, 5.41) is 3.82. The van der Waals surface area contributed by atoms with Crippen molar-refractivity contribution < 1.29 is 13.3 Å². The van der Waals surface area contributed by atoms with Crippen LogP contribution in [0.15, 0.2) is 22.7 Å². The summed E-state index contributed by atoms with van der Waals surface area (Å²) in [6, 6.07) is 3.11. The maximum absolute atomic E-state index is 13.2. The molecule has 0 bridgehead atoms. The first-order chi connectivity index (χ1) is 9.49. The SMILES string of the molecule is CC1(c2nc(-c3cc(F)cc(F)c3)no2)CCCC1N. The minimum absolute atomic E-state index is 0.0416. The Kier molecular flexibility index (Phi) is 3.05. The zero-order valence-electron chi connectivity index (χ0n) is 11.1. The molecule has 1 aromatic carbocycles. The van der Waals surface area contributed by atoms with Gasteiger partial charge in [-0.05, 0) is 31.9 Å². The van der Waals surface area contributed by atoms with Crippen molar-refractivity contribution in [3.63, 3.8) is 0 Å². The lowest BCUT2D eigenvalue weighted by atomic mass is 9.85. The van der Waals surface area contributed by atoms with Gasteiger partial charge in [0.15, 0.2) is 0 Å². The van der Waals surface area contributed by atoms with Crippen molar-refractivity contribution in [1.29, 1.82) is 0 Å². The number of nitrogens with zero attached hydrogens (tertiary/aromatic N) is 2. The molecule has 2 unspecified atom stereocenters. The first-order valence-corrected chi connectivity index (χ1v) is 6.55. The molecule has 1 aliphatic carbocycles. The summed E-state index contributed by atoms with van der Waals surface area (Å²) < 4.78 is 31.7. The molecule has 2 aromatic rings. The van der Waals surface area contributed by atoms with Gasteiger partial charge in [-0.3, -0.25) is 0 Å². The van der Waals surface area contributed by atoms with Gasteiger partial charge < -0.3 is 10.3 Å². The highest BCUT2D eigenvalue weighted by Gasteiger charge is 2.42. The summed E-state index contributed by atoms with van der Waals surface area (Å²) in [5.41, 5.74) is 5.99. The fourth-order valence-corrected chi connectivity index (χ4v) is 2.71. The number of benzene rings is 1. The van der Waals surface area contributed by atoms with Crippen molar-refractivity contribution >= 4 is 0 Å². The molecule has 1 heterocycles. The van der Waals surface area contributed by atoms with Crippen LogP contribution in [0.25, 0.3) is 11.4 Å². The Labute approximate surface area is 115 Å². The molecule has 0 amide bonds. The van der Waals surface area contributed by atoms with Crippen molar-refractivity contribution in [2.75, 3.05) is 0 Å². The number of halogens is 2. The summed E-state index contributed by atoms with van der Waals surface area (Å²) in [6.45, 7) is 1.98. The summed E-state index contributed by atoms with van der Waals surface area (Å²) in [7, 11) is 0. The van der Waals surface area contributed by atoms with Crippen molar-refractivity contribution in [1.82, 2.24) is 10.1 Å². The average molecular weight is 279 g/mol. The van der Waals surface area contributed by atoms with E-state index < -0.39 is 11.6 Å². The van der Waals surface area contributed by atoms with Gasteiger partial charge in [-0.25, -0.2) is 8.78 Å². The van der Waals surface area contributed by atoms with Crippen LogP contribution in [0.2, 0.25) is 0 Å². The number of hydrogen-bond donors (Lipinski definition) is 1. The van der Waals surface area contributed by atoms with Gasteiger partial charge in [-0.1, -0.05) is 11.6 Å². The van der Waals surface area contributed by atoms with Gasteiger partial charge >= 0.3 is 0 Å². The third-order valence-electron chi connectivity index (χ3n) is 4.06. The van der Waals surface area contributed by atoms with E-state index >= 15 is 0 Å². The molecule has 0 spiro atoms. The van der Waals surface area contributed by atoms with E-state index in [1.807, 2.05) is 6.92 Å². The van der Waals surface area contributed by atoms with Crippen LogP contribution in [-0.4, -0.2) is 16.2 Å². The van der Waals surface area contributed by atoms with Gasteiger partial charge in [0, 0.05) is 17.7 Å². The third-order valence-corrected chi connectivity index (χ3v) is 4.06. The number of nitrogens with two attached hydrogens (primary N) is 1. The minimum atomic E-state index is -0.671. The number of hydrogen-bond acceptors (Lipinski definition) is 4. The second-order valence-corrected chi connectivity index (χ2v) is 5.50. The monoisotopic (exact) mass is 279 g/mol. The van der Waals surface area contributed by atoms with Gasteiger partial charge in [-0.2, -0.15) is 4.98 Å². The highest BCUT2D eigenvalue weighted by atomic mass is 19.1. The molecular formula is C14H15F2N3O. The van der Waals surface area contributed by atoms with E-state index in [-0.39, 0.29) is 22.8 Å². The first-order valence-electron chi connectivity index (χ1n) is 6.55. The van der Waals surface area contributed by atoms with E-state index in [4.69, 9.17) is 10.3 Å². The molecule has 1 fully saturated rings. The Hall–Kier alpha value is -1.82. The van der Waals surface area contributed by atoms with Crippen LogP contribution in [0.3, 0.4) is 0 Å². The predicted octanol–water partition coefficient (Wildman–Crippen LogP) is 2.78. The maximum atomic E-state index is 13.2. The quantitative estimate of drug-likeness (QED) is 0.918. The number of rotatable bonds is 2. The maximum Gasteiger partial charge on any atom is 0.234 e. The number of aromatic nitrogens is 2. The molecule has 2 atom stereocenters. The predicted molar refractivity (Wildman–Crippen MR) is 68.8 cm³/mol. The summed E-state index contributed by atoms with van der Waals surface area (Å²) in [4.78, 5) is 4.28. The van der Waals surface area contributed by atoms with Crippen LogP contribution >= 0.6 is 0 Å². The van der Waals surface area contributed by atoms with Gasteiger partial charge in [0.05, 0.1) is 5.41 Å². The first kappa shape index (κ1) is 13.2. The Morgan fingerprint density at radius 2 is 2.00 bits per heavy atom. The van der Waals surface area contributed by atoms with Crippen molar-refractivity contribution in [2.45, 2.75) is 37.6 Å². The molecular weight excluding hydrogens is 264 g/mol. The molecule has 0 radical (unpaired) electrons. The Balaban J connectivity index is 1.98. The molecule has 106 valence electrons. The average Bonchev–Trinajstić information content (AvgIpc) is 2.97. The van der Waals surface area contributed by atoms with E-state index in [1.165, 1.54) is 12.1 Å². The molecule has 3 rings (SSSR count). The molecule has 0 aliphatic heterocycles. The van der Waals surface area contributed by atoms with Crippen molar-refractivity contribution in [3.8, 4) is 11.4 Å². The Morgan fingerprint density at radius 3 is 2.60 bits per heavy atom. The Bertz CT molecular complexity index is 623. The summed E-state index contributed by atoms with van der Waals surface area (Å²) in [5.74, 6) is -0.730. The van der Waals surface area contributed by atoms with Crippen LogP contribution in [0.5, 0.6) is 0 Å². The minimum Gasteiger partial charge on any atom is -0.338 e. The van der Waals surface area contributed by atoms with E-state index in [0.29, 0.717) is 5.89 Å². The molecule has 6 heteroatoms. The van der Waals surface area contributed by atoms with E-state index in [2.05, 4.69) is 10.1 Å². The molecule has 20 heavy (non-hydrogen) atoms. The molecule has 4 nitrogen and oxygen atoms in total. The topological polar surface area (TPSA) is 64.9 Å². The zero-order valence-corrected chi connectivity index (χ0v) is 11.1. The van der Waals surface area contributed by atoms with Crippen molar-refractivity contribution in [2.24, 2.45) is 5.73 Å². The molecule has 1 aromatic heterocycles. The normalized spacial score (nSPS) is 26.1. The largest absolute Gasteiger partial charge is 0.338 e. The van der Waals surface area contributed by atoms with Gasteiger partial charge in [0.1, 0.15) is 11.6 Å². The van der Waals surface area contributed by atoms with E-state index in [1.54, 1.807) is 0 Å². The third kappa shape index (κ3) is 2.10. The lowest BCUT2D eigenvalue weighted by molar-refractivity contribution is 0.278. The van der Waals surface area contributed by atoms with Crippen LogP contribution in [0.4, 0.5) is 8.78 Å². The molecule has 2 N–H and O–H groups in total. The second-order valence-electron chi connectivity index (χ2n) is 5.50. The molecule has 0 saturated heterocycles. The van der Waals surface area contributed by atoms with Crippen LogP contribution in [0.1, 0.15) is 32.1 Å². The lowest BCUT2D eigenvalue weighted by Crippen LogP contribution is -2.38. The smallest absolute Gasteiger partial charge is 0.234 e. The Morgan fingerprint density at radius 1 is 1.30 bits per heavy atom. The molecule has 1 aliphatic rings. The summed E-state index contributed by atoms with van der Waals surface area (Å²) >= 11 is 0.